The fraction of sp³-hybridized carbons (Fsp3) is 0.440. The number of nitrogens with zero attached hydrogens (tertiary/aromatic N) is 1. The van der Waals surface area contributed by atoms with E-state index in [-0.39, 0.29) is 54.1 Å². The number of hydrogen-bond acceptors (Lipinski definition) is 2. The van der Waals surface area contributed by atoms with Gasteiger partial charge in [-0.25, -0.2) is 0 Å². The summed E-state index contributed by atoms with van der Waals surface area (Å²) in [5, 5.41) is 2.29. The molecule has 1 saturated carbocycles. The Morgan fingerprint density at radius 3 is 2.34 bits per heavy atom. The van der Waals surface area contributed by atoms with E-state index in [1.807, 2.05) is 0 Å². The summed E-state index contributed by atoms with van der Waals surface area (Å²) in [6.07, 6.45) is -6.72. The lowest BCUT2D eigenvalue weighted by molar-refractivity contribution is -0.138. The summed E-state index contributed by atoms with van der Waals surface area (Å²) in [6.45, 7) is 0.273. The van der Waals surface area contributed by atoms with Crippen molar-refractivity contribution in [3.63, 3.8) is 0 Å². The SMILES string of the molecule is O=C(CCCCC1C[C@@H]1c1cccc(N2CCC2=O)c1C(F)(F)F)Nc1ccccc1C(F)(F)F. The molecule has 2 fully saturated rings. The van der Waals surface area contributed by atoms with E-state index in [1.54, 1.807) is 6.07 Å². The molecule has 0 bridgehead atoms. The minimum Gasteiger partial charge on any atom is -0.326 e. The first-order valence-electron chi connectivity index (χ1n) is 11.4. The fourth-order valence-corrected chi connectivity index (χ4v) is 4.66. The normalized spacial score (nSPS) is 19.9. The highest BCUT2D eigenvalue weighted by atomic mass is 19.4. The smallest absolute Gasteiger partial charge is 0.326 e. The monoisotopic (exact) mass is 498 g/mol. The first kappa shape index (κ1) is 25.1. The number of β-lactam (4-membered cyclic amide) rings is 1. The fourth-order valence-electron chi connectivity index (χ4n) is 4.66. The van der Waals surface area contributed by atoms with E-state index in [4.69, 9.17) is 0 Å². The molecule has 1 N–H and O–H groups in total. The molecule has 1 unspecified atom stereocenters. The van der Waals surface area contributed by atoms with Crippen molar-refractivity contribution in [3.05, 3.63) is 59.2 Å². The average molecular weight is 498 g/mol. The lowest BCUT2D eigenvalue weighted by Crippen LogP contribution is -2.44. The topological polar surface area (TPSA) is 49.4 Å². The van der Waals surface area contributed by atoms with Gasteiger partial charge in [0.2, 0.25) is 11.8 Å². The zero-order chi connectivity index (χ0) is 25.4. The predicted octanol–water partition coefficient (Wildman–Crippen LogP) is 6.76. The molecule has 0 spiro atoms. The van der Waals surface area contributed by atoms with Crippen LogP contribution in [0.25, 0.3) is 0 Å². The molecular formula is C25H24F6N2O2. The van der Waals surface area contributed by atoms with E-state index in [9.17, 15) is 35.9 Å². The second kappa shape index (κ2) is 9.54. The maximum absolute atomic E-state index is 13.9. The summed E-state index contributed by atoms with van der Waals surface area (Å²) in [5.41, 5.74) is -1.86. The summed E-state index contributed by atoms with van der Waals surface area (Å²) in [6, 6.07) is 9.07. The molecule has 1 aliphatic heterocycles. The largest absolute Gasteiger partial charge is 0.418 e. The van der Waals surface area contributed by atoms with Crippen LogP contribution in [0.2, 0.25) is 0 Å². The standard InChI is InChI=1S/C25H24F6N2O2/c26-24(27,28)18-8-2-3-9-19(18)32-21(34)11-4-1-6-15-14-17(15)16-7-5-10-20(23(16)25(29,30)31)33-13-12-22(33)35/h2-3,5,7-10,15,17H,1,4,6,11-14H2,(H,32,34)/t15?,17-/m0/s1. The number of carbonyl (C=O) groups excluding carboxylic acids is 2. The van der Waals surface area contributed by atoms with Crippen molar-refractivity contribution >= 4 is 23.2 Å². The van der Waals surface area contributed by atoms with Crippen molar-refractivity contribution in [3.8, 4) is 0 Å². The van der Waals surface area contributed by atoms with Gasteiger partial charge in [-0.05, 0) is 54.9 Å². The Hall–Kier alpha value is -3.04. The zero-order valence-corrected chi connectivity index (χ0v) is 18.7. The second-order valence-electron chi connectivity index (χ2n) is 8.97. The summed E-state index contributed by atoms with van der Waals surface area (Å²) < 4.78 is 80.8. The van der Waals surface area contributed by atoms with Crippen molar-refractivity contribution in [1.29, 1.82) is 0 Å². The number of nitrogens with one attached hydrogen (secondary N) is 1. The Kier molecular flexibility index (Phi) is 6.83. The highest BCUT2D eigenvalue weighted by Crippen LogP contribution is 2.55. The van der Waals surface area contributed by atoms with Gasteiger partial charge in [0.15, 0.2) is 0 Å². The highest BCUT2D eigenvalue weighted by molar-refractivity contribution is 6.00. The molecule has 4 nitrogen and oxygen atoms in total. The number of anilines is 2. The number of para-hydroxylation sites is 1. The maximum Gasteiger partial charge on any atom is 0.418 e. The Labute approximate surface area is 198 Å². The molecular weight excluding hydrogens is 474 g/mol. The molecule has 2 aliphatic rings. The van der Waals surface area contributed by atoms with Crippen LogP contribution >= 0.6 is 0 Å². The molecule has 1 heterocycles. The van der Waals surface area contributed by atoms with Gasteiger partial charge < -0.3 is 10.2 Å². The maximum atomic E-state index is 13.9. The van der Waals surface area contributed by atoms with Crippen LogP contribution in [0.15, 0.2) is 42.5 Å². The summed E-state index contributed by atoms with van der Waals surface area (Å²) in [4.78, 5) is 25.0. The van der Waals surface area contributed by atoms with E-state index >= 15 is 0 Å². The van der Waals surface area contributed by atoms with Gasteiger partial charge in [-0.2, -0.15) is 26.3 Å². The van der Waals surface area contributed by atoms with Crippen LogP contribution < -0.4 is 10.2 Å². The number of alkyl halides is 6. The molecule has 4 rings (SSSR count). The first-order chi connectivity index (χ1) is 16.5. The van der Waals surface area contributed by atoms with Crippen LogP contribution in [0.5, 0.6) is 0 Å². The molecule has 2 aromatic rings. The van der Waals surface area contributed by atoms with Crippen LogP contribution in [0, 0.1) is 5.92 Å². The summed E-state index contributed by atoms with van der Waals surface area (Å²) >= 11 is 0. The van der Waals surface area contributed by atoms with Crippen molar-refractivity contribution in [2.45, 2.75) is 56.8 Å². The molecule has 188 valence electrons. The molecule has 0 aromatic heterocycles. The summed E-state index contributed by atoms with van der Waals surface area (Å²) in [7, 11) is 0. The molecule has 2 aromatic carbocycles. The van der Waals surface area contributed by atoms with E-state index in [0.717, 1.165) is 6.07 Å². The quantitative estimate of drug-likeness (QED) is 0.248. The second-order valence-corrected chi connectivity index (χ2v) is 8.97. The number of rotatable bonds is 8. The Morgan fingerprint density at radius 1 is 0.971 bits per heavy atom. The Morgan fingerprint density at radius 2 is 1.71 bits per heavy atom. The van der Waals surface area contributed by atoms with Crippen LogP contribution in [-0.2, 0) is 21.9 Å². The van der Waals surface area contributed by atoms with Crippen LogP contribution in [-0.4, -0.2) is 18.4 Å². The molecule has 2 amide bonds. The number of hydrogen-bond donors (Lipinski definition) is 1. The van der Waals surface area contributed by atoms with Gasteiger partial charge in [0, 0.05) is 19.4 Å². The lowest BCUT2D eigenvalue weighted by Gasteiger charge is -2.33. The number of carbonyl (C=O) groups is 2. The van der Waals surface area contributed by atoms with E-state index in [1.165, 1.54) is 35.2 Å². The Bertz CT molecular complexity index is 1110. The number of unbranched alkanes of at least 4 members (excludes halogenated alkanes) is 1. The van der Waals surface area contributed by atoms with Crippen LogP contribution in [0.3, 0.4) is 0 Å². The minimum atomic E-state index is -4.58. The van der Waals surface area contributed by atoms with Crippen molar-refractivity contribution in [2.24, 2.45) is 5.92 Å². The Balaban J connectivity index is 1.31. The molecule has 10 heteroatoms. The van der Waals surface area contributed by atoms with E-state index in [2.05, 4.69) is 5.32 Å². The molecule has 0 radical (unpaired) electrons. The van der Waals surface area contributed by atoms with Crippen LogP contribution in [0.1, 0.15) is 61.1 Å². The molecule has 1 aliphatic carbocycles. The number of amides is 2. The number of halogens is 6. The van der Waals surface area contributed by atoms with Crippen molar-refractivity contribution < 1.29 is 35.9 Å². The van der Waals surface area contributed by atoms with Gasteiger partial charge >= 0.3 is 12.4 Å². The third kappa shape index (κ3) is 5.62. The van der Waals surface area contributed by atoms with Gasteiger partial charge in [-0.1, -0.05) is 30.7 Å². The average Bonchev–Trinajstić information content (AvgIpc) is 3.54. The molecule has 1 saturated heterocycles. The predicted molar refractivity (Wildman–Crippen MR) is 118 cm³/mol. The van der Waals surface area contributed by atoms with E-state index < -0.39 is 29.4 Å². The minimum absolute atomic E-state index is 0.0178. The first-order valence-corrected chi connectivity index (χ1v) is 11.4. The molecule has 35 heavy (non-hydrogen) atoms. The van der Waals surface area contributed by atoms with Gasteiger partial charge in [0.05, 0.1) is 22.5 Å². The molecule has 2 atom stereocenters. The van der Waals surface area contributed by atoms with Gasteiger partial charge in [-0.3, -0.25) is 9.59 Å². The lowest BCUT2D eigenvalue weighted by atomic mass is 9.96. The zero-order valence-electron chi connectivity index (χ0n) is 18.7. The van der Waals surface area contributed by atoms with Gasteiger partial charge in [0.1, 0.15) is 0 Å². The van der Waals surface area contributed by atoms with Crippen molar-refractivity contribution in [1.82, 2.24) is 0 Å². The summed E-state index contributed by atoms with van der Waals surface area (Å²) in [5.74, 6) is -1.10. The third-order valence-electron chi connectivity index (χ3n) is 6.56. The van der Waals surface area contributed by atoms with Crippen LogP contribution in [0.4, 0.5) is 37.7 Å². The third-order valence-corrected chi connectivity index (χ3v) is 6.56. The van der Waals surface area contributed by atoms with Crippen molar-refractivity contribution in [2.75, 3.05) is 16.8 Å². The van der Waals surface area contributed by atoms with Gasteiger partial charge in [-0.15, -0.1) is 0 Å². The number of benzene rings is 2. The van der Waals surface area contributed by atoms with Gasteiger partial charge in [0.25, 0.3) is 0 Å². The highest BCUT2D eigenvalue weighted by Gasteiger charge is 2.46. The van der Waals surface area contributed by atoms with E-state index in [0.29, 0.717) is 25.7 Å².